The standard InChI is InChI=1S/C38H34F2N2O2/c1-21-17-35-31(20-30(21)26-9-13-28(40)14-10-26)32(18-22(2)42-35)37(5,43)38(6,44)33-19-23(3)41-34-16-15-29(24(4)36(33)34)25-7-11-27(39)12-8-25/h7-20,43-44H,1-6H3. The molecular weight excluding hydrogens is 554 g/mol. The number of benzene rings is 4. The molecule has 2 N–H and O–H groups in total. The van der Waals surface area contributed by atoms with Crippen LogP contribution in [0.2, 0.25) is 0 Å². The monoisotopic (exact) mass is 588 g/mol. The van der Waals surface area contributed by atoms with Gasteiger partial charge in [0.2, 0.25) is 0 Å². The van der Waals surface area contributed by atoms with Crippen LogP contribution < -0.4 is 0 Å². The summed E-state index contributed by atoms with van der Waals surface area (Å²) < 4.78 is 27.4. The van der Waals surface area contributed by atoms with Crippen LogP contribution in [0.1, 0.15) is 47.5 Å². The highest BCUT2D eigenvalue weighted by Gasteiger charge is 2.47. The molecule has 2 heterocycles. The molecule has 0 saturated heterocycles. The zero-order valence-corrected chi connectivity index (χ0v) is 25.6. The Kier molecular flexibility index (Phi) is 7.10. The van der Waals surface area contributed by atoms with Gasteiger partial charge in [0.15, 0.2) is 0 Å². The Hall–Kier alpha value is -4.52. The topological polar surface area (TPSA) is 66.2 Å². The molecule has 0 amide bonds. The van der Waals surface area contributed by atoms with Crippen molar-refractivity contribution in [3.63, 3.8) is 0 Å². The van der Waals surface area contributed by atoms with Gasteiger partial charge >= 0.3 is 0 Å². The largest absolute Gasteiger partial charge is 0.382 e. The van der Waals surface area contributed by atoms with Crippen LogP contribution >= 0.6 is 0 Å². The lowest BCUT2D eigenvalue weighted by Gasteiger charge is -2.41. The number of nitrogens with zero attached hydrogens (tertiary/aromatic N) is 2. The first-order valence-corrected chi connectivity index (χ1v) is 14.6. The van der Waals surface area contributed by atoms with Gasteiger partial charge in [-0.05, 0) is 141 Å². The van der Waals surface area contributed by atoms with Crippen molar-refractivity contribution in [1.82, 2.24) is 9.97 Å². The maximum absolute atomic E-state index is 13.7. The molecule has 0 radical (unpaired) electrons. The Morgan fingerprint density at radius 1 is 0.568 bits per heavy atom. The summed E-state index contributed by atoms with van der Waals surface area (Å²) in [6.07, 6.45) is 0. The van der Waals surface area contributed by atoms with Crippen molar-refractivity contribution in [2.45, 2.75) is 52.7 Å². The molecule has 0 spiro atoms. The predicted octanol–water partition coefficient (Wildman–Crippen LogP) is 8.74. The minimum Gasteiger partial charge on any atom is -0.382 e. The van der Waals surface area contributed by atoms with Crippen LogP contribution in [0.4, 0.5) is 8.78 Å². The number of aromatic nitrogens is 2. The maximum atomic E-state index is 13.7. The number of aliphatic hydroxyl groups is 2. The highest BCUT2D eigenvalue weighted by molar-refractivity contribution is 5.93. The zero-order chi connectivity index (χ0) is 31.6. The molecule has 6 rings (SSSR count). The second-order valence-electron chi connectivity index (χ2n) is 12.1. The molecule has 6 aromatic rings. The van der Waals surface area contributed by atoms with Crippen molar-refractivity contribution < 1.29 is 19.0 Å². The lowest BCUT2D eigenvalue weighted by molar-refractivity contribution is -0.141. The predicted molar refractivity (Wildman–Crippen MR) is 172 cm³/mol. The van der Waals surface area contributed by atoms with E-state index in [1.807, 2.05) is 64.1 Å². The van der Waals surface area contributed by atoms with E-state index in [9.17, 15) is 19.0 Å². The lowest BCUT2D eigenvalue weighted by Crippen LogP contribution is -2.45. The fourth-order valence-corrected chi connectivity index (χ4v) is 6.34. The summed E-state index contributed by atoms with van der Waals surface area (Å²) in [5, 5.41) is 26.5. The minimum absolute atomic E-state index is 0.318. The molecule has 0 aliphatic rings. The molecular formula is C38H34F2N2O2. The number of hydrogen-bond donors (Lipinski definition) is 2. The van der Waals surface area contributed by atoms with Gasteiger partial charge in [0.05, 0.1) is 11.0 Å². The van der Waals surface area contributed by atoms with Crippen LogP contribution in [0.25, 0.3) is 44.1 Å². The number of halogens is 2. The second kappa shape index (κ2) is 10.6. The first-order chi connectivity index (χ1) is 20.8. The van der Waals surface area contributed by atoms with E-state index >= 15 is 0 Å². The molecule has 4 nitrogen and oxygen atoms in total. The maximum Gasteiger partial charge on any atom is 0.123 e. The van der Waals surface area contributed by atoms with E-state index in [-0.39, 0.29) is 11.6 Å². The van der Waals surface area contributed by atoms with Crippen molar-refractivity contribution >= 4 is 21.8 Å². The normalized spacial score (nSPS) is 14.5. The molecule has 0 saturated carbocycles. The fourth-order valence-electron chi connectivity index (χ4n) is 6.34. The van der Waals surface area contributed by atoms with Crippen molar-refractivity contribution in [2.24, 2.45) is 0 Å². The third-order valence-electron chi connectivity index (χ3n) is 8.95. The Morgan fingerprint density at radius 2 is 1.07 bits per heavy atom. The Balaban J connectivity index is 1.59. The Labute approximate surface area is 255 Å². The summed E-state index contributed by atoms with van der Waals surface area (Å²) in [4.78, 5) is 9.50. The quantitative estimate of drug-likeness (QED) is 0.211. The average Bonchev–Trinajstić information content (AvgIpc) is 2.97. The third kappa shape index (κ3) is 4.84. The second-order valence-corrected chi connectivity index (χ2v) is 12.1. The van der Waals surface area contributed by atoms with Crippen LogP contribution in [-0.2, 0) is 11.2 Å². The first kappa shape index (κ1) is 29.5. The van der Waals surface area contributed by atoms with Gasteiger partial charge < -0.3 is 10.2 Å². The summed E-state index contributed by atoms with van der Waals surface area (Å²) in [5.74, 6) is -0.635. The molecule has 2 aromatic heterocycles. The van der Waals surface area contributed by atoms with E-state index in [0.717, 1.165) is 38.8 Å². The number of rotatable bonds is 5. The summed E-state index contributed by atoms with van der Waals surface area (Å²) in [6.45, 7) is 10.9. The lowest BCUT2D eigenvalue weighted by atomic mass is 9.73. The van der Waals surface area contributed by atoms with E-state index in [2.05, 4.69) is 0 Å². The summed E-state index contributed by atoms with van der Waals surface area (Å²) in [6, 6.07) is 24.0. The van der Waals surface area contributed by atoms with Crippen molar-refractivity contribution in [3.05, 3.63) is 130 Å². The van der Waals surface area contributed by atoms with Crippen molar-refractivity contribution in [1.29, 1.82) is 0 Å². The zero-order valence-electron chi connectivity index (χ0n) is 25.6. The van der Waals surface area contributed by atoms with Gasteiger partial charge in [-0.3, -0.25) is 9.97 Å². The van der Waals surface area contributed by atoms with E-state index in [1.54, 1.807) is 38.1 Å². The van der Waals surface area contributed by atoms with Gasteiger partial charge in [0.25, 0.3) is 0 Å². The SMILES string of the molecule is Cc1cc(C(C)(O)C(C)(O)c2cc(C)nc3ccc(-c4ccc(F)cc4)c(C)c23)c2cc(-c3ccc(F)cc3)c(C)cc2n1. The van der Waals surface area contributed by atoms with Gasteiger partial charge in [0, 0.05) is 22.2 Å². The first-order valence-electron chi connectivity index (χ1n) is 14.6. The van der Waals surface area contributed by atoms with Gasteiger partial charge in [0.1, 0.15) is 22.8 Å². The summed E-state index contributed by atoms with van der Waals surface area (Å²) >= 11 is 0. The highest BCUT2D eigenvalue weighted by atomic mass is 19.1. The van der Waals surface area contributed by atoms with Crippen LogP contribution in [0.3, 0.4) is 0 Å². The van der Waals surface area contributed by atoms with E-state index in [0.29, 0.717) is 38.9 Å². The average molecular weight is 589 g/mol. The van der Waals surface area contributed by atoms with Crippen LogP contribution in [0.15, 0.2) is 84.9 Å². The van der Waals surface area contributed by atoms with Crippen LogP contribution in [0, 0.1) is 39.3 Å². The van der Waals surface area contributed by atoms with Gasteiger partial charge in [-0.2, -0.15) is 0 Å². The third-order valence-corrected chi connectivity index (χ3v) is 8.95. The minimum atomic E-state index is -1.80. The number of aryl methyl sites for hydroxylation is 4. The Bertz CT molecular complexity index is 2070. The van der Waals surface area contributed by atoms with Crippen molar-refractivity contribution in [2.75, 3.05) is 0 Å². The molecule has 0 bridgehead atoms. The van der Waals surface area contributed by atoms with Crippen LogP contribution in [-0.4, -0.2) is 20.2 Å². The van der Waals surface area contributed by atoms with Gasteiger partial charge in [-0.1, -0.05) is 30.3 Å². The Morgan fingerprint density at radius 3 is 1.66 bits per heavy atom. The molecule has 222 valence electrons. The molecule has 2 unspecified atom stereocenters. The van der Waals surface area contributed by atoms with E-state index < -0.39 is 11.2 Å². The van der Waals surface area contributed by atoms with Crippen LogP contribution in [0.5, 0.6) is 0 Å². The molecule has 0 fully saturated rings. The highest BCUT2D eigenvalue weighted by Crippen LogP contribution is 2.47. The summed E-state index contributed by atoms with van der Waals surface area (Å²) in [7, 11) is 0. The number of pyridine rings is 2. The van der Waals surface area contributed by atoms with Gasteiger partial charge in [-0.15, -0.1) is 0 Å². The fraction of sp³-hybridized carbons (Fsp3) is 0.211. The van der Waals surface area contributed by atoms with Crippen molar-refractivity contribution in [3.8, 4) is 22.3 Å². The molecule has 0 aliphatic carbocycles. The molecule has 6 heteroatoms. The molecule has 2 atom stereocenters. The molecule has 0 aliphatic heterocycles. The van der Waals surface area contributed by atoms with E-state index in [4.69, 9.17) is 9.97 Å². The number of hydrogen-bond acceptors (Lipinski definition) is 4. The molecule has 44 heavy (non-hydrogen) atoms. The van der Waals surface area contributed by atoms with Gasteiger partial charge in [-0.25, -0.2) is 8.78 Å². The smallest absolute Gasteiger partial charge is 0.123 e. The summed E-state index contributed by atoms with van der Waals surface area (Å²) in [5.41, 5.74) is 5.46. The van der Waals surface area contributed by atoms with E-state index in [1.165, 1.54) is 24.3 Å². The molecule has 4 aromatic carbocycles. The number of fused-ring (bicyclic) bond motifs is 2.